The molecule has 1 fully saturated rings. The first-order valence-electron chi connectivity index (χ1n) is 8.64. The Labute approximate surface area is 143 Å². The van der Waals surface area contributed by atoms with Crippen molar-refractivity contribution < 1.29 is 9.47 Å². The Morgan fingerprint density at radius 3 is 2.08 bits per heavy atom. The maximum atomic E-state index is 8.87. The van der Waals surface area contributed by atoms with Crippen molar-refractivity contribution in [2.45, 2.75) is 32.5 Å². The Bertz CT molecular complexity index is 677. The third-order valence-electron chi connectivity index (χ3n) is 4.46. The van der Waals surface area contributed by atoms with Gasteiger partial charge in [0.1, 0.15) is 0 Å². The monoisotopic (exact) mass is 321 g/mol. The minimum absolute atomic E-state index is 0.252. The molecule has 0 spiro atoms. The molecule has 0 radical (unpaired) electrons. The van der Waals surface area contributed by atoms with Crippen molar-refractivity contribution in [2.75, 3.05) is 13.2 Å². The van der Waals surface area contributed by atoms with Crippen LogP contribution in [-0.4, -0.2) is 13.2 Å². The molecule has 24 heavy (non-hydrogen) atoms. The van der Waals surface area contributed by atoms with Gasteiger partial charge in [-0.25, -0.2) is 0 Å². The van der Waals surface area contributed by atoms with Crippen molar-refractivity contribution in [2.24, 2.45) is 5.92 Å². The lowest BCUT2D eigenvalue weighted by Crippen LogP contribution is -2.27. The highest BCUT2D eigenvalue weighted by Crippen LogP contribution is 2.29. The molecule has 1 aliphatic rings. The maximum Gasteiger partial charge on any atom is 0.183 e. The molecule has 0 saturated carbocycles. The predicted octanol–water partition coefficient (Wildman–Crippen LogP) is 5.08. The van der Waals surface area contributed by atoms with E-state index < -0.39 is 0 Å². The van der Waals surface area contributed by atoms with E-state index in [4.69, 9.17) is 14.7 Å². The number of hydrogen-bond donors (Lipinski definition) is 0. The second kappa shape index (κ2) is 8.10. The van der Waals surface area contributed by atoms with Crippen molar-refractivity contribution in [1.82, 2.24) is 0 Å². The van der Waals surface area contributed by atoms with Crippen LogP contribution in [0.5, 0.6) is 0 Å². The fraction of sp³-hybridized carbons (Fsp3) is 0.381. The van der Waals surface area contributed by atoms with E-state index in [2.05, 4.69) is 37.3 Å². The molecule has 3 heteroatoms. The number of unbranched alkanes of at least 4 members (excludes halogenated alkanes) is 1. The normalized spacial score (nSPS) is 20.5. The molecule has 1 aliphatic heterocycles. The zero-order valence-corrected chi connectivity index (χ0v) is 14.1. The van der Waals surface area contributed by atoms with Crippen molar-refractivity contribution in [3.05, 3.63) is 59.7 Å². The molecule has 0 amide bonds. The highest BCUT2D eigenvalue weighted by molar-refractivity contribution is 5.64. The number of nitriles is 1. The highest BCUT2D eigenvalue weighted by Gasteiger charge is 2.23. The van der Waals surface area contributed by atoms with E-state index in [1.165, 1.54) is 19.3 Å². The molecule has 0 atom stereocenters. The van der Waals surface area contributed by atoms with Crippen molar-refractivity contribution in [3.63, 3.8) is 0 Å². The Balaban J connectivity index is 1.61. The van der Waals surface area contributed by atoms with Crippen LogP contribution in [0, 0.1) is 17.2 Å². The van der Waals surface area contributed by atoms with Crippen LogP contribution in [0.1, 0.15) is 43.6 Å². The van der Waals surface area contributed by atoms with Crippen LogP contribution in [0.15, 0.2) is 48.5 Å². The van der Waals surface area contributed by atoms with Crippen molar-refractivity contribution >= 4 is 0 Å². The van der Waals surface area contributed by atoms with Crippen LogP contribution in [0.4, 0.5) is 0 Å². The van der Waals surface area contributed by atoms with Gasteiger partial charge in [0, 0.05) is 11.5 Å². The summed E-state index contributed by atoms with van der Waals surface area (Å²) < 4.78 is 11.8. The summed E-state index contributed by atoms with van der Waals surface area (Å²) in [4.78, 5) is 0. The molecule has 3 nitrogen and oxygen atoms in total. The van der Waals surface area contributed by atoms with Crippen molar-refractivity contribution in [3.8, 4) is 17.2 Å². The summed E-state index contributed by atoms with van der Waals surface area (Å²) in [5.74, 6) is 0.527. The van der Waals surface area contributed by atoms with E-state index in [0.717, 1.165) is 29.9 Å². The van der Waals surface area contributed by atoms with Gasteiger partial charge in [-0.15, -0.1) is 0 Å². The number of rotatable bonds is 5. The summed E-state index contributed by atoms with van der Waals surface area (Å²) >= 11 is 0. The first kappa shape index (κ1) is 16.7. The second-order valence-electron chi connectivity index (χ2n) is 6.32. The van der Waals surface area contributed by atoms with Gasteiger partial charge in [0.15, 0.2) is 6.29 Å². The lowest BCUT2D eigenvalue weighted by molar-refractivity contribution is -0.206. The molecule has 1 saturated heterocycles. The van der Waals surface area contributed by atoms with Crippen molar-refractivity contribution in [1.29, 1.82) is 5.26 Å². The van der Waals surface area contributed by atoms with Gasteiger partial charge in [-0.2, -0.15) is 5.26 Å². The van der Waals surface area contributed by atoms with E-state index in [-0.39, 0.29) is 6.29 Å². The van der Waals surface area contributed by atoms with E-state index >= 15 is 0 Å². The van der Waals surface area contributed by atoms with E-state index in [9.17, 15) is 0 Å². The van der Waals surface area contributed by atoms with Gasteiger partial charge in [-0.1, -0.05) is 56.2 Å². The zero-order valence-electron chi connectivity index (χ0n) is 14.1. The predicted molar refractivity (Wildman–Crippen MR) is 94.3 cm³/mol. The molecule has 0 aromatic heterocycles. The summed E-state index contributed by atoms with van der Waals surface area (Å²) in [6, 6.07) is 18.0. The molecule has 2 aromatic rings. The fourth-order valence-corrected chi connectivity index (χ4v) is 2.97. The van der Waals surface area contributed by atoms with Gasteiger partial charge in [-0.05, 0) is 29.7 Å². The summed E-state index contributed by atoms with van der Waals surface area (Å²) in [7, 11) is 0. The van der Waals surface area contributed by atoms with Crippen LogP contribution in [-0.2, 0) is 9.47 Å². The topological polar surface area (TPSA) is 42.2 Å². The standard InChI is InChI=1S/C21H23NO2/c1-2-3-4-17-14-23-21(24-15-17)20-11-9-19(10-12-20)18-7-5-16(13-22)6-8-18/h5-12,17,21H,2-4,14-15H2,1H3. The minimum atomic E-state index is -0.252. The molecule has 0 bridgehead atoms. The lowest BCUT2D eigenvalue weighted by Gasteiger charge is -2.29. The zero-order chi connectivity index (χ0) is 16.8. The Hall–Kier alpha value is -2.15. The highest BCUT2D eigenvalue weighted by atomic mass is 16.7. The summed E-state index contributed by atoms with van der Waals surface area (Å²) in [6.07, 6.45) is 3.39. The minimum Gasteiger partial charge on any atom is -0.348 e. The van der Waals surface area contributed by atoms with E-state index in [1.54, 1.807) is 0 Å². The molecular formula is C21H23NO2. The number of nitrogens with zero attached hydrogens (tertiary/aromatic N) is 1. The first-order valence-corrected chi connectivity index (χ1v) is 8.64. The molecule has 1 heterocycles. The number of hydrogen-bond acceptors (Lipinski definition) is 3. The Kier molecular flexibility index (Phi) is 5.63. The van der Waals surface area contributed by atoms with Crippen LogP contribution < -0.4 is 0 Å². The molecule has 0 N–H and O–H groups in total. The van der Waals surface area contributed by atoms with Gasteiger partial charge in [-0.3, -0.25) is 0 Å². The summed E-state index contributed by atoms with van der Waals surface area (Å²) in [5, 5.41) is 8.87. The third kappa shape index (κ3) is 4.03. The third-order valence-corrected chi connectivity index (χ3v) is 4.46. The van der Waals surface area contributed by atoms with E-state index in [1.807, 2.05) is 24.3 Å². The van der Waals surface area contributed by atoms with Crippen LogP contribution in [0.3, 0.4) is 0 Å². The van der Waals surface area contributed by atoms with Gasteiger partial charge in [0.25, 0.3) is 0 Å². The smallest absolute Gasteiger partial charge is 0.183 e. The largest absolute Gasteiger partial charge is 0.348 e. The lowest BCUT2D eigenvalue weighted by atomic mass is 10.0. The summed E-state index contributed by atoms with van der Waals surface area (Å²) in [6.45, 7) is 3.77. The fourth-order valence-electron chi connectivity index (χ4n) is 2.97. The number of benzene rings is 2. The van der Waals surface area contributed by atoms with Crippen LogP contribution in [0.25, 0.3) is 11.1 Å². The molecular weight excluding hydrogens is 298 g/mol. The second-order valence-corrected chi connectivity index (χ2v) is 6.32. The summed E-state index contributed by atoms with van der Waals surface area (Å²) in [5.41, 5.74) is 3.96. The molecule has 2 aromatic carbocycles. The van der Waals surface area contributed by atoms with Gasteiger partial charge < -0.3 is 9.47 Å². The molecule has 0 unspecified atom stereocenters. The first-order chi connectivity index (χ1) is 11.8. The average Bonchev–Trinajstić information content (AvgIpc) is 2.67. The van der Waals surface area contributed by atoms with Crippen LogP contribution in [0.2, 0.25) is 0 Å². The Morgan fingerprint density at radius 1 is 0.958 bits per heavy atom. The van der Waals surface area contributed by atoms with Gasteiger partial charge in [0.2, 0.25) is 0 Å². The quantitative estimate of drug-likeness (QED) is 0.771. The maximum absolute atomic E-state index is 8.87. The average molecular weight is 321 g/mol. The molecule has 124 valence electrons. The molecule has 0 aliphatic carbocycles. The number of ether oxygens (including phenoxy) is 2. The van der Waals surface area contributed by atoms with Gasteiger partial charge >= 0.3 is 0 Å². The van der Waals surface area contributed by atoms with Crippen LogP contribution >= 0.6 is 0 Å². The van der Waals surface area contributed by atoms with E-state index in [0.29, 0.717) is 11.5 Å². The van der Waals surface area contributed by atoms with Gasteiger partial charge in [0.05, 0.1) is 24.8 Å². The SMILES string of the molecule is CCCCC1COC(c2ccc(-c3ccc(C#N)cc3)cc2)OC1. The Morgan fingerprint density at radius 2 is 1.54 bits per heavy atom. The molecule has 3 rings (SSSR count).